The Morgan fingerprint density at radius 2 is 1.90 bits per heavy atom. The summed E-state index contributed by atoms with van der Waals surface area (Å²) in [5.74, 6) is 0.627. The maximum absolute atomic E-state index is 11.7. The first kappa shape index (κ1) is 15.3. The number of ether oxygens (including phenoxy) is 1. The fraction of sp³-hybridized carbons (Fsp3) is 0.562. The first-order valence-electron chi connectivity index (χ1n) is 7.10. The molecule has 1 saturated carbocycles. The molecule has 0 bridgehead atoms. The zero-order valence-corrected chi connectivity index (χ0v) is 13.0. The Morgan fingerprint density at radius 1 is 1.30 bits per heavy atom. The second-order valence-corrected chi connectivity index (χ2v) is 6.26. The standard InChI is InChI=1S/C16H22ClNO2/c1-10(2)15(16(19)20-3)18-14-8-12(9-14)11-4-6-13(17)7-5-11/h4-7,10,12,14-15,18H,8-9H2,1-3H3. The van der Waals surface area contributed by atoms with Crippen LogP contribution in [0.4, 0.5) is 0 Å². The lowest BCUT2D eigenvalue weighted by molar-refractivity contribution is -0.144. The number of benzene rings is 1. The summed E-state index contributed by atoms with van der Waals surface area (Å²) in [5.41, 5.74) is 1.33. The summed E-state index contributed by atoms with van der Waals surface area (Å²) >= 11 is 5.90. The molecule has 0 heterocycles. The Kier molecular flexibility index (Phi) is 5.06. The van der Waals surface area contributed by atoms with Crippen LogP contribution < -0.4 is 5.32 Å². The van der Waals surface area contributed by atoms with Gasteiger partial charge in [-0.25, -0.2) is 0 Å². The lowest BCUT2D eigenvalue weighted by Gasteiger charge is -2.39. The van der Waals surface area contributed by atoms with E-state index in [-0.39, 0.29) is 17.9 Å². The average Bonchev–Trinajstić information content (AvgIpc) is 2.38. The van der Waals surface area contributed by atoms with Crippen LogP contribution in [-0.4, -0.2) is 25.2 Å². The first-order chi connectivity index (χ1) is 9.51. The largest absolute Gasteiger partial charge is 0.468 e. The number of carbonyl (C=O) groups excluding carboxylic acids is 1. The average molecular weight is 296 g/mol. The number of hydrogen-bond acceptors (Lipinski definition) is 3. The monoisotopic (exact) mass is 295 g/mol. The fourth-order valence-corrected chi connectivity index (χ4v) is 2.80. The second kappa shape index (κ2) is 6.59. The Bertz CT molecular complexity index is 452. The third kappa shape index (κ3) is 3.53. The fourth-order valence-electron chi connectivity index (χ4n) is 2.67. The molecule has 3 nitrogen and oxygen atoms in total. The highest BCUT2D eigenvalue weighted by molar-refractivity contribution is 6.30. The highest BCUT2D eigenvalue weighted by atomic mass is 35.5. The van der Waals surface area contributed by atoms with E-state index in [1.54, 1.807) is 0 Å². The van der Waals surface area contributed by atoms with E-state index in [0.29, 0.717) is 12.0 Å². The van der Waals surface area contributed by atoms with Crippen molar-refractivity contribution >= 4 is 17.6 Å². The molecule has 1 unspecified atom stereocenters. The predicted molar refractivity (Wildman–Crippen MR) is 81.0 cm³/mol. The first-order valence-corrected chi connectivity index (χ1v) is 7.48. The van der Waals surface area contributed by atoms with Crippen LogP contribution in [0.3, 0.4) is 0 Å². The Morgan fingerprint density at radius 3 is 2.40 bits per heavy atom. The minimum absolute atomic E-state index is 0.171. The van der Waals surface area contributed by atoms with E-state index in [1.807, 2.05) is 26.0 Å². The van der Waals surface area contributed by atoms with Crippen LogP contribution in [0.2, 0.25) is 5.02 Å². The smallest absolute Gasteiger partial charge is 0.323 e. The van der Waals surface area contributed by atoms with Crippen LogP contribution in [0, 0.1) is 5.92 Å². The molecule has 1 N–H and O–H groups in total. The summed E-state index contributed by atoms with van der Waals surface area (Å²) in [6.45, 7) is 4.06. The number of esters is 1. The van der Waals surface area contributed by atoms with Gasteiger partial charge in [-0.05, 0) is 42.4 Å². The van der Waals surface area contributed by atoms with Crippen molar-refractivity contribution in [1.29, 1.82) is 0 Å². The molecule has 110 valence electrons. The minimum atomic E-state index is -0.212. The number of carbonyl (C=O) groups is 1. The summed E-state index contributed by atoms with van der Waals surface area (Å²) in [6, 6.07) is 8.22. The molecule has 4 heteroatoms. The molecule has 1 aliphatic rings. The molecular formula is C16H22ClNO2. The Balaban J connectivity index is 1.86. The number of hydrogen-bond donors (Lipinski definition) is 1. The Hall–Kier alpha value is -1.06. The van der Waals surface area contributed by atoms with Crippen molar-refractivity contribution in [2.75, 3.05) is 7.11 Å². The van der Waals surface area contributed by atoms with E-state index in [2.05, 4.69) is 17.4 Å². The molecule has 0 spiro atoms. The zero-order chi connectivity index (χ0) is 14.7. The van der Waals surface area contributed by atoms with E-state index in [9.17, 15) is 4.79 Å². The second-order valence-electron chi connectivity index (χ2n) is 5.83. The van der Waals surface area contributed by atoms with Crippen LogP contribution in [0.1, 0.15) is 38.2 Å². The van der Waals surface area contributed by atoms with Gasteiger partial charge in [-0.15, -0.1) is 0 Å². The summed E-state index contributed by atoms with van der Waals surface area (Å²) in [4.78, 5) is 11.7. The SMILES string of the molecule is COC(=O)C(NC1CC(c2ccc(Cl)cc2)C1)C(C)C. The predicted octanol–water partition coefficient (Wildman–Crippen LogP) is 3.37. The number of nitrogens with one attached hydrogen (secondary N) is 1. The molecule has 1 aromatic carbocycles. The summed E-state index contributed by atoms with van der Waals surface area (Å²) in [6.07, 6.45) is 2.11. The zero-order valence-electron chi connectivity index (χ0n) is 12.2. The number of rotatable bonds is 5. The van der Waals surface area contributed by atoms with Crippen molar-refractivity contribution in [1.82, 2.24) is 5.32 Å². The van der Waals surface area contributed by atoms with Gasteiger partial charge in [0.2, 0.25) is 0 Å². The van der Waals surface area contributed by atoms with Crippen molar-refractivity contribution in [3.05, 3.63) is 34.9 Å². The molecule has 2 rings (SSSR count). The van der Waals surface area contributed by atoms with Crippen molar-refractivity contribution in [3.8, 4) is 0 Å². The van der Waals surface area contributed by atoms with Crippen LogP contribution in [-0.2, 0) is 9.53 Å². The topological polar surface area (TPSA) is 38.3 Å². The van der Waals surface area contributed by atoms with Gasteiger partial charge in [0, 0.05) is 11.1 Å². The van der Waals surface area contributed by atoms with E-state index >= 15 is 0 Å². The van der Waals surface area contributed by atoms with Crippen LogP contribution in [0.25, 0.3) is 0 Å². The van der Waals surface area contributed by atoms with E-state index < -0.39 is 0 Å². The molecule has 0 amide bonds. The quantitative estimate of drug-likeness (QED) is 0.847. The molecule has 0 radical (unpaired) electrons. The van der Waals surface area contributed by atoms with E-state index in [1.165, 1.54) is 12.7 Å². The molecule has 20 heavy (non-hydrogen) atoms. The van der Waals surface area contributed by atoms with Crippen molar-refractivity contribution in [2.24, 2.45) is 5.92 Å². The van der Waals surface area contributed by atoms with Gasteiger partial charge < -0.3 is 10.1 Å². The minimum Gasteiger partial charge on any atom is -0.468 e. The summed E-state index contributed by atoms with van der Waals surface area (Å²) in [5, 5.41) is 4.19. The molecule has 1 fully saturated rings. The summed E-state index contributed by atoms with van der Waals surface area (Å²) in [7, 11) is 1.44. The normalized spacial score (nSPS) is 23.2. The molecule has 0 saturated heterocycles. The van der Waals surface area contributed by atoms with Crippen molar-refractivity contribution < 1.29 is 9.53 Å². The van der Waals surface area contributed by atoms with Crippen LogP contribution in [0.5, 0.6) is 0 Å². The van der Waals surface area contributed by atoms with Gasteiger partial charge in [0.1, 0.15) is 6.04 Å². The van der Waals surface area contributed by atoms with Crippen LogP contribution in [0.15, 0.2) is 24.3 Å². The van der Waals surface area contributed by atoms with Gasteiger partial charge in [-0.1, -0.05) is 37.6 Å². The maximum atomic E-state index is 11.7. The van der Waals surface area contributed by atoms with Gasteiger partial charge in [-0.3, -0.25) is 4.79 Å². The van der Waals surface area contributed by atoms with Gasteiger partial charge in [-0.2, -0.15) is 0 Å². The lowest BCUT2D eigenvalue weighted by Crippen LogP contribution is -2.51. The highest BCUT2D eigenvalue weighted by Gasteiger charge is 2.34. The van der Waals surface area contributed by atoms with E-state index in [4.69, 9.17) is 16.3 Å². The van der Waals surface area contributed by atoms with E-state index in [0.717, 1.165) is 17.9 Å². The molecule has 0 aromatic heterocycles. The van der Waals surface area contributed by atoms with Crippen molar-refractivity contribution in [3.63, 3.8) is 0 Å². The number of halogens is 1. The maximum Gasteiger partial charge on any atom is 0.323 e. The third-order valence-corrected chi connectivity index (χ3v) is 4.27. The number of methoxy groups -OCH3 is 1. The van der Waals surface area contributed by atoms with Crippen LogP contribution >= 0.6 is 11.6 Å². The third-order valence-electron chi connectivity index (χ3n) is 4.02. The molecule has 1 atom stereocenters. The van der Waals surface area contributed by atoms with Gasteiger partial charge >= 0.3 is 5.97 Å². The molecular weight excluding hydrogens is 274 g/mol. The molecule has 1 aromatic rings. The molecule has 1 aliphatic carbocycles. The van der Waals surface area contributed by atoms with Gasteiger partial charge in [0.25, 0.3) is 0 Å². The summed E-state index contributed by atoms with van der Waals surface area (Å²) < 4.78 is 4.85. The van der Waals surface area contributed by atoms with Gasteiger partial charge in [0.15, 0.2) is 0 Å². The highest BCUT2D eigenvalue weighted by Crippen LogP contribution is 2.37. The lowest BCUT2D eigenvalue weighted by atomic mass is 9.75. The van der Waals surface area contributed by atoms with Crippen molar-refractivity contribution in [2.45, 2.75) is 44.7 Å². The Labute approximate surface area is 125 Å². The van der Waals surface area contributed by atoms with Gasteiger partial charge in [0.05, 0.1) is 7.11 Å². The molecule has 0 aliphatic heterocycles.